The molecule has 8 heteroatoms. The van der Waals surface area contributed by atoms with Crippen molar-refractivity contribution in [3.63, 3.8) is 0 Å². The molecule has 1 N–H and O–H groups in total. The topological polar surface area (TPSA) is 63.2 Å². The first-order valence-corrected chi connectivity index (χ1v) is 10.6. The lowest BCUT2D eigenvalue weighted by Crippen LogP contribution is -2.16. The Labute approximate surface area is 155 Å². The van der Waals surface area contributed by atoms with Crippen LogP contribution in [0.15, 0.2) is 53.4 Å². The van der Waals surface area contributed by atoms with E-state index in [1.165, 1.54) is 23.9 Å². The quantitative estimate of drug-likeness (QED) is 0.705. The summed E-state index contributed by atoms with van der Waals surface area (Å²) in [6, 6.07) is 13.0. The highest BCUT2D eigenvalue weighted by Gasteiger charge is 2.14. The van der Waals surface area contributed by atoms with Crippen LogP contribution in [0.1, 0.15) is 0 Å². The smallest absolute Gasteiger partial charge is 0.234 e. The van der Waals surface area contributed by atoms with Gasteiger partial charge in [0.1, 0.15) is 0 Å². The van der Waals surface area contributed by atoms with Crippen LogP contribution in [-0.4, -0.2) is 31.6 Å². The number of para-hydroxylation sites is 1. The van der Waals surface area contributed by atoms with E-state index >= 15 is 0 Å². The molecule has 128 valence electrons. The predicted molar refractivity (Wildman–Crippen MR) is 101 cm³/mol. The molecule has 2 rings (SSSR count). The number of nitrogens with one attached hydrogen (secondary N) is 1. The lowest BCUT2D eigenvalue weighted by Gasteiger charge is -2.07. The van der Waals surface area contributed by atoms with Crippen LogP contribution >= 0.6 is 35.0 Å². The molecule has 1 amide bonds. The fraction of sp³-hybridized carbons (Fsp3) is 0.188. The maximum atomic E-state index is 12.1. The van der Waals surface area contributed by atoms with Gasteiger partial charge >= 0.3 is 0 Å². The summed E-state index contributed by atoms with van der Waals surface area (Å²) in [5.74, 6) is 0.206. The van der Waals surface area contributed by atoms with Gasteiger partial charge in [-0.3, -0.25) is 4.79 Å². The first-order chi connectivity index (χ1) is 11.4. The van der Waals surface area contributed by atoms with Crippen LogP contribution in [-0.2, 0) is 14.6 Å². The fourth-order valence-corrected chi connectivity index (χ4v) is 4.69. The third-order valence-corrected chi connectivity index (χ3v) is 6.58. The Morgan fingerprint density at radius 2 is 1.71 bits per heavy atom. The summed E-state index contributed by atoms with van der Waals surface area (Å²) in [4.78, 5) is 12.1. The van der Waals surface area contributed by atoms with Crippen LogP contribution in [0.25, 0.3) is 0 Å². The molecule has 0 spiro atoms. The van der Waals surface area contributed by atoms with Crippen molar-refractivity contribution in [2.75, 3.05) is 22.6 Å². The molecule has 24 heavy (non-hydrogen) atoms. The van der Waals surface area contributed by atoms with E-state index in [1.54, 1.807) is 36.4 Å². The molecule has 0 aliphatic carbocycles. The van der Waals surface area contributed by atoms with Crippen molar-refractivity contribution in [1.82, 2.24) is 0 Å². The van der Waals surface area contributed by atoms with Gasteiger partial charge in [0.05, 0.1) is 27.1 Å². The van der Waals surface area contributed by atoms with E-state index in [4.69, 9.17) is 23.2 Å². The molecule has 0 unspecified atom stereocenters. The van der Waals surface area contributed by atoms with E-state index in [0.717, 1.165) is 0 Å². The van der Waals surface area contributed by atoms with Gasteiger partial charge in [-0.15, -0.1) is 0 Å². The number of halogens is 2. The highest BCUT2D eigenvalue weighted by molar-refractivity contribution is 8.01. The van der Waals surface area contributed by atoms with Crippen molar-refractivity contribution in [2.24, 2.45) is 0 Å². The number of amides is 1. The number of hydrogen-bond donors (Lipinski definition) is 1. The standard InChI is InChI=1S/C16H15Cl2NO3S2/c17-12-5-7-13(8-6-12)24(21,22)10-9-23-11-16(20)19-15-4-2-1-3-14(15)18/h1-8H,9-11H2,(H,19,20). The zero-order chi connectivity index (χ0) is 17.6. The minimum absolute atomic E-state index is 0.0430. The molecule has 0 atom stereocenters. The number of rotatable bonds is 7. The van der Waals surface area contributed by atoms with Crippen LogP contribution in [0.2, 0.25) is 10.0 Å². The average molecular weight is 404 g/mol. The number of carbonyl (C=O) groups excluding carboxylic acids is 1. The highest BCUT2D eigenvalue weighted by Crippen LogP contribution is 2.21. The number of hydrogen-bond acceptors (Lipinski definition) is 4. The first-order valence-electron chi connectivity index (χ1n) is 6.99. The normalized spacial score (nSPS) is 11.2. The largest absolute Gasteiger partial charge is 0.324 e. The molecule has 0 fully saturated rings. The van der Waals surface area contributed by atoms with E-state index in [-0.39, 0.29) is 22.3 Å². The van der Waals surface area contributed by atoms with Gasteiger partial charge in [-0.05, 0) is 36.4 Å². The summed E-state index contributed by atoms with van der Waals surface area (Å²) in [5.41, 5.74) is 0.540. The van der Waals surface area contributed by atoms with E-state index < -0.39 is 9.84 Å². The predicted octanol–water partition coefficient (Wildman–Crippen LogP) is 4.14. The number of carbonyl (C=O) groups is 1. The molecular formula is C16H15Cl2NO3S2. The molecule has 0 bridgehead atoms. The Morgan fingerprint density at radius 3 is 2.38 bits per heavy atom. The molecule has 2 aromatic carbocycles. The zero-order valence-electron chi connectivity index (χ0n) is 12.5. The van der Waals surface area contributed by atoms with Crippen LogP contribution in [0.3, 0.4) is 0 Å². The SMILES string of the molecule is O=C(CSCCS(=O)(=O)c1ccc(Cl)cc1)Nc1ccccc1Cl. The lowest BCUT2D eigenvalue weighted by molar-refractivity contribution is -0.113. The van der Waals surface area contributed by atoms with Crippen molar-refractivity contribution < 1.29 is 13.2 Å². The maximum Gasteiger partial charge on any atom is 0.234 e. The molecule has 2 aromatic rings. The second-order valence-corrected chi connectivity index (χ2v) is 8.91. The van der Waals surface area contributed by atoms with Gasteiger partial charge in [-0.2, -0.15) is 11.8 Å². The third-order valence-electron chi connectivity index (χ3n) is 3.05. The van der Waals surface area contributed by atoms with Crippen molar-refractivity contribution in [3.05, 3.63) is 58.6 Å². The van der Waals surface area contributed by atoms with Gasteiger partial charge in [-0.25, -0.2) is 8.42 Å². The maximum absolute atomic E-state index is 12.1. The summed E-state index contributed by atoms with van der Waals surface area (Å²) in [7, 11) is -3.37. The summed E-state index contributed by atoms with van der Waals surface area (Å²) >= 11 is 13.0. The van der Waals surface area contributed by atoms with E-state index in [0.29, 0.717) is 21.5 Å². The third kappa shape index (κ3) is 5.70. The Morgan fingerprint density at radius 1 is 1.04 bits per heavy atom. The Hall–Kier alpha value is -1.21. The van der Waals surface area contributed by atoms with E-state index in [1.807, 2.05) is 0 Å². The Balaban J connectivity index is 1.79. The van der Waals surface area contributed by atoms with Gasteiger partial charge in [0.15, 0.2) is 9.84 Å². The molecule has 0 aliphatic rings. The molecular weight excluding hydrogens is 389 g/mol. The minimum atomic E-state index is -3.37. The summed E-state index contributed by atoms with van der Waals surface area (Å²) in [6.07, 6.45) is 0. The van der Waals surface area contributed by atoms with Crippen LogP contribution in [0.5, 0.6) is 0 Å². The van der Waals surface area contributed by atoms with Gasteiger partial charge in [-0.1, -0.05) is 35.3 Å². The van der Waals surface area contributed by atoms with E-state index in [2.05, 4.69) is 5.32 Å². The van der Waals surface area contributed by atoms with Crippen LogP contribution in [0.4, 0.5) is 5.69 Å². The zero-order valence-corrected chi connectivity index (χ0v) is 15.7. The minimum Gasteiger partial charge on any atom is -0.324 e. The second kappa shape index (κ2) is 8.76. The molecule has 0 aliphatic heterocycles. The van der Waals surface area contributed by atoms with E-state index in [9.17, 15) is 13.2 Å². The molecule has 0 saturated carbocycles. The summed E-state index contributed by atoms with van der Waals surface area (Å²) in [5, 5.41) is 3.64. The number of benzene rings is 2. The molecule has 0 saturated heterocycles. The van der Waals surface area contributed by atoms with Gasteiger partial charge in [0, 0.05) is 10.8 Å². The van der Waals surface area contributed by atoms with Gasteiger partial charge < -0.3 is 5.32 Å². The number of sulfone groups is 1. The second-order valence-electron chi connectivity index (χ2n) is 4.85. The molecule has 0 aromatic heterocycles. The molecule has 0 heterocycles. The summed E-state index contributed by atoms with van der Waals surface area (Å²) in [6.45, 7) is 0. The average Bonchev–Trinajstić information content (AvgIpc) is 2.54. The number of anilines is 1. The van der Waals surface area contributed by atoms with Crippen molar-refractivity contribution in [2.45, 2.75) is 4.90 Å². The van der Waals surface area contributed by atoms with Crippen LogP contribution < -0.4 is 5.32 Å². The van der Waals surface area contributed by atoms with Crippen molar-refractivity contribution >= 4 is 56.4 Å². The molecule has 0 radical (unpaired) electrons. The monoisotopic (exact) mass is 403 g/mol. The van der Waals surface area contributed by atoms with Gasteiger partial charge in [0.2, 0.25) is 5.91 Å². The molecule has 4 nitrogen and oxygen atoms in total. The van der Waals surface area contributed by atoms with Crippen molar-refractivity contribution in [1.29, 1.82) is 0 Å². The highest BCUT2D eigenvalue weighted by atomic mass is 35.5. The summed E-state index contributed by atoms with van der Waals surface area (Å²) < 4.78 is 24.3. The Kier molecular flexibility index (Phi) is 6.98. The fourth-order valence-electron chi connectivity index (χ4n) is 1.84. The Bertz CT molecular complexity index is 808. The van der Waals surface area contributed by atoms with Crippen molar-refractivity contribution in [3.8, 4) is 0 Å². The van der Waals surface area contributed by atoms with Gasteiger partial charge in [0.25, 0.3) is 0 Å². The first kappa shape index (κ1) is 19.1. The lowest BCUT2D eigenvalue weighted by atomic mass is 10.3. The number of thioether (sulfide) groups is 1. The van der Waals surface area contributed by atoms with Crippen LogP contribution in [0, 0.1) is 0 Å².